The normalized spacial score (nSPS) is 11.5. The second-order valence-electron chi connectivity index (χ2n) is 5.80. The summed E-state index contributed by atoms with van der Waals surface area (Å²) in [5.74, 6) is 0.453. The van der Waals surface area contributed by atoms with Gasteiger partial charge in [-0.2, -0.15) is 5.10 Å². The van der Waals surface area contributed by atoms with Gasteiger partial charge in [-0.1, -0.05) is 30.3 Å². The van der Waals surface area contributed by atoms with Crippen LogP contribution in [-0.4, -0.2) is 14.8 Å². The Labute approximate surface area is 142 Å². The summed E-state index contributed by atoms with van der Waals surface area (Å²) in [7, 11) is 0. The van der Waals surface area contributed by atoms with Gasteiger partial charge in [0.05, 0.1) is 23.9 Å². The first-order valence-electron chi connectivity index (χ1n) is 7.87. The third-order valence-electron chi connectivity index (χ3n) is 4.09. The fraction of sp³-hybridized carbons (Fsp3) is 0.158. The van der Waals surface area contributed by atoms with Gasteiger partial charge in [0.2, 0.25) is 0 Å². The fourth-order valence-corrected chi connectivity index (χ4v) is 2.98. The van der Waals surface area contributed by atoms with E-state index in [0.717, 1.165) is 5.56 Å². The van der Waals surface area contributed by atoms with Crippen molar-refractivity contribution in [1.82, 2.24) is 14.8 Å². The molecule has 1 aromatic carbocycles. The summed E-state index contributed by atoms with van der Waals surface area (Å²) in [6.07, 6.45) is -1.12. The van der Waals surface area contributed by atoms with Crippen molar-refractivity contribution >= 4 is 11.0 Å². The largest absolute Gasteiger partial charge is 0.463 e. The molecule has 0 N–H and O–H groups in total. The van der Waals surface area contributed by atoms with Crippen molar-refractivity contribution in [2.75, 3.05) is 0 Å². The molecule has 0 spiro atoms. The average Bonchev–Trinajstić information content (AvgIpc) is 3.24. The molecule has 25 heavy (non-hydrogen) atoms. The van der Waals surface area contributed by atoms with Crippen LogP contribution in [0.4, 0.5) is 8.78 Å². The lowest BCUT2D eigenvalue weighted by Crippen LogP contribution is -2.03. The van der Waals surface area contributed by atoms with Gasteiger partial charge in [0.1, 0.15) is 5.69 Å². The summed E-state index contributed by atoms with van der Waals surface area (Å²) in [5, 5.41) is 4.84. The second-order valence-corrected chi connectivity index (χ2v) is 5.80. The molecule has 0 aliphatic heterocycles. The van der Waals surface area contributed by atoms with Crippen LogP contribution in [0.5, 0.6) is 0 Å². The number of hydrogen-bond donors (Lipinski definition) is 0. The highest BCUT2D eigenvalue weighted by Gasteiger charge is 2.21. The van der Waals surface area contributed by atoms with Crippen molar-refractivity contribution in [3.8, 4) is 11.5 Å². The summed E-state index contributed by atoms with van der Waals surface area (Å²) in [6.45, 7) is 2.19. The summed E-state index contributed by atoms with van der Waals surface area (Å²) in [5.41, 5.74) is 2.30. The smallest absolute Gasteiger partial charge is 0.264 e. The molecule has 0 unspecified atom stereocenters. The lowest BCUT2D eigenvalue weighted by Gasteiger charge is -2.07. The number of aromatic nitrogens is 3. The summed E-state index contributed by atoms with van der Waals surface area (Å²) >= 11 is 0. The Bertz CT molecular complexity index is 1010. The molecule has 3 heterocycles. The zero-order valence-electron chi connectivity index (χ0n) is 13.5. The van der Waals surface area contributed by atoms with Gasteiger partial charge in [0, 0.05) is 5.56 Å². The van der Waals surface area contributed by atoms with Gasteiger partial charge >= 0.3 is 0 Å². The number of halogens is 2. The van der Waals surface area contributed by atoms with E-state index < -0.39 is 6.43 Å². The quantitative estimate of drug-likeness (QED) is 0.526. The zero-order chi connectivity index (χ0) is 17.4. The van der Waals surface area contributed by atoms with Crippen molar-refractivity contribution in [3.05, 3.63) is 71.6 Å². The maximum Gasteiger partial charge on any atom is 0.264 e. The number of hydrogen-bond acceptors (Lipinski definition) is 3. The van der Waals surface area contributed by atoms with Crippen LogP contribution in [-0.2, 0) is 6.54 Å². The van der Waals surface area contributed by atoms with Gasteiger partial charge < -0.3 is 4.42 Å². The number of furan rings is 1. The second kappa shape index (κ2) is 6.12. The molecule has 0 radical (unpaired) electrons. The molecule has 126 valence electrons. The third kappa shape index (κ3) is 2.80. The predicted molar refractivity (Wildman–Crippen MR) is 90.5 cm³/mol. The minimum Gasteiger partial charge on any atom is -0.463 e. The van der Waals surface area contributed by atoms with Crippen LogP contribution in [0.2, 0.25) is 0 Å². The number of rotatable bonds is 4. The van der Waals surface area contributed by atoms with E-state index in [4.69, 9.17) is 4.42 Å². The number of benzene rings is 1. The number of pyridine rings is 1. The summed E-state index contributed by atoms with van der Waals surface area (Å²) < 4.78 is 34.3. The molecule has 0 saturated carbocycles. The average molecular weight is 339 g/mol. The van der Waals surface area contributed by atoms with E-state index in [1.165, 1.54) is 12.3 Å². The van der Waals surface area contributed by atoms with Gasteiger partial charge in [-0.3, -0.25) is 0 Å². The molecule has 4 nitrogen and oxygen atoms in total. The van der Waals surface area contributed by atoms with Crippen molar-refractivity contribution < 1.29 is 13.2 Å². The molecule has 0 amide bonds. The molecule has 4 rings (SSSR count). The topological polar surface area (TPSA) is 43.9 Å². The van der Waals surface area contributed by atoms with Crippen LogP contribution in [0.1, 0.15) is 23.2 Å². The van der Waals surface area contributed by atoms with E-state index in [0.29, 0.717) is 34.7 Å². The Balaban J connectivity index is 1.92. The molecular weight excluding hydrogens is 324 g/mol. The van der Waals surface area contributed by atoms with Crippen LogP contribution in [0.3, 0.4) is 0 Å². The Morgan fingerprint density at radius 2 is 1.92 bits per heavy atom. The van der Waals surface area contributed by atoms with Gasteiger partial charge in [-0.25, -0.2) is 18.4 Å². The van der Waals surface area contributed by atoms with E-state index in [9.17, 15) is 8.78 Å². The molecule has 0 atom stereocenters. The van der Waals surface area contributed by atoms with E-state index in [1.807, 2.05) is 30.3 Å². The van der Waals surface area contributed by atoms with Gasteiger partial charge in [0.15, 0.2) is 11.4 Å². The number of fused-ring (bicyclic) bond motifs is 1. The van der Waals surface area contributed by atoms with Gasteiger partial charge in [0.25, 0.3) is 6.43 Å². The summed E-state index contributed by atoms with van der Waals surface area (Å²) in [6, 6.07) is 14.5. The monoisotopic (exact) mass is 339 g/mol. The minimum atomic E-state index is -2.62. The molecule has 0 fully saturated rings. The van der Waals surface area contributed by atoms with Crippen molar-refractivity contribution in [1.29, 1.82) is 0 Å². The van der Waals surface area contributed by atoms with E-state index in [1.54, 1.807) is 23.7 Å². The molecule has 0 aliphatic carbocycles. The summed E-state index contributed by atoms with van der Waals surface area (Å²) in [4.78, 5) is 4.55. The van der Waals surface area contributed by atoms with Crippen molar-refractivity contribution in [3.63, 3.8) is 0 Å². The first-order chi connectivity index (χ1) is 12.1. The molecule has 4 aromatic rings. The van der Waals surface area contributed by atoms with Crippen LogP contribution in [0, 0.1) is 6.92 Å². The highest BCUT2D eigenvalue weighted by Crippen LogP contribution is 2.33. The Hall–Kier alpha value is -3.02. The fourth-order valence-electron chi connectivity index (χ4n) is 2.98. The lowest BCUT2D eigenvalue weighted by atomic mass is 10.1. The standard InChI is InChI=1S/C19H15F2N3O/c1-12-17-14(18(20)21)10-15(16-8-5-9-25-16)22-19(17)24(23-12)11-13-6-3-2-4-7-13/h2-10,18H,11H2,1H3. The molecule has 6 heteroatoms. The lowest BCUT2D eigenvalue weighted by molar-refractivity contribution is 0.153. The maximum atomic E-state index is 13.6. The minimum absolute atomic E-state index is 0.0757. The van der Waals surface area contributed by atoms with E-state index in [-0.39, 0.29) is 5.56 Å². The molecule has 0 bridgehead atoms. The SMILES string of the molecule is Cc1nn(Cc2ccccc2)c2nc(-c3ccco3)cc(C(F)F)c12. The molecular formula is C19H15F2N3O. The Morgan fingerprint density at radius 1 is 1.12 bits per heavy atom. The predicted octanol–water partition coefficient (Wildman–Crippen LogP) is 4.99. The number of alkyl halides is 2. The van der Waals surface area contributed by atoms with Gasteiger partial charge in [-0.05, 0) is 30.7 Å². The van der Waals surface area contributed by atoms with Crippen molar-refractivity contribution in [2.45, 2.75) is 19.9 Å². The van der Waals surface area contributed by atoms with E-state index in [2.05, 4.69) is 10.1 Å². The zero-order valence-corrected chi connectivity index (χ0v) is 13.5. The first kappa shape index (κ1) is 15.5. The Morgan fingerprint density at radius 3 is 2.60 bits per heavy atom. The van der Waals surface area contributed by atoms with E-state index >= 15 is 0 Å². The number of nitrogens with zero attached hydrogens (tertiary/aromatic N) is 3. The van der Waals surface area contributed by atoms with Crippen LogP contribution in [0.25, 0.3) is 22.5 Å². The highest BCUT2D eigenvalue weighted by atomic mass is 19.3. The van der Waals surface area contributed by atoms with Crippen LogP contribution >= 0.6 is 0 Å². The molecule has 0 aliphatic rings. The van der Waals surface area contributed by atoms with Gasteiger partial charge in [-0.15, -0.1) is 0 Å². The van der Waals surface area contributed by atoms with Crippen molar-refractivity contribution in [2.24, 2.45) is 0 Å². The number of aryl methyl sites for hydroxylation is 1. The third-order valence-corrected chi connectivity index (χ3v) is 4.09. The highest BCUT2D eigenvalue weighted by molar-refractivity contribution is 5.85. The van der Waals surface area contributed by atoms with Crippen LogP contribution < -0.4 is 0 Å². The molecule has 3 aromatic heterocycles. The first-order valence-corrected chi connectivity index (χ1v) is 7.87. The maximum absolute atomic E-state index is 13.6. The molecule has 0 saturated heterocycles. The Kier molecular flexibility index (Phi) is 3.80. The van der Waals surface area contributed by atoms with Crippen LogP contribution in [0.15, 0.2) is 59.2 Å².